The van der Waals surface area contributed by atoms with E-state index in [1.807, 2.05) is 5.32 Å². The van der Waals surface area contributed by atoms with Crippen molar-refractivity contribution in [2.24, 2.45) is 5.92 Å². The van der Waals surface area contributed by atoms with Crippen LogP contribution in [0.1, 0.15) is 39.1 Å². The van der Waals surface area contributed by atoms with Gasteiger partial charge in [-0.1, -0.05) is 18.2 Å². The Morgan fingerprint density at radius 1 is 0.886 bits per heavy atom. The summed E-state index contributed by atoms with van der Waals surface area (Å²) in [5.74, 6) is -5.86. The summed E-state index contributed by atoms with van der Waals surface area (Å²) in [6.07, 6.45) is -11.8. The van der Waals surface area contributed by atoms with E-state index in [2.05, 4.69) is 4.74 Å². The third-order valence-electron chi connectivity index (χ3n) is 6.59. The number of benzene rings is 3. The van der Waals surface area contributed by atoms with Crippen LogP contribution >= 0.6 is 0 Å². The van der Waals surface area contributed by atoms with Crippen molar-refractivity contribution in [3.8, 4) is 5.75 Å². The first-order valence-corrected chi connectivity index (χ1v) is 12.5. The lowest BCUT2D eigenvalue weighted by Gasteiger charge is -2.30. The van der Waals surface area contributed by atoms with E-state index in [1.54, 1.807) is 0 Å². The highest BCUT2D eigenvalue weighted by Crippen LogP contribution is 2.54. The van der Waals surface area contributed by atoms with Crippen LogP contribution in [0.2, 0.25) is 0 Å². The molecule has 1 N–H and O–H groups in total. The molecule has 1 fully saturated rings. The van der Waals surface area contributed by atoms with Crippen LogP contribution in [0.3, 0.4) is 0 Å². The highest BCUT2D eigenvalue weighted by molar-refractivity contribution is 6.09. The van der Waals surface area contributed by atoms with Crippen molar-refractivity contribution >= 4 is 23.2 Å². The van der Waals surface area contributed by atoms with Gasteiger partial charge in [0.15, 0.2) is 5.82 Å². The Labute approximate surface area is 241 Å². The first-order valence-electron chi connectivity index (χ1n) is 12.5. The first kappa shape index (κ1) is 32.5. The number of rotatable bonds is 9. The molecule has 1 aliphatic rings. The fraction of sp³-hybridized carbons (Fsp3) is 0.286. The summed E-state index contributed by atoms with van der Waals surface area (Å²) in [6.45, 7) is -3.87. The number of hydrogen-bond acceptors (Lipinski definition) is 3. The number of amides is 2. The minimum Gasteiger partial charge on any atom is -0.433 e. The van der Waals surface area contributed by atoms with Gasteiger partial charge in [-0.15, -0.1) is 0 Å². The van der Waals surface area contributed by atoms with Gasteiger partial charge in [-0.25, -0.2) is 13.2 Å². The summed E-state index contributed by atoms with van der Waals surface area (Å²) in [4.78, 5) is 27.2. The zero-order chi connectivity index (χ0) is 32.6. The summed E-state index contributed by atoms with van der Waals surface area (Å²) in [5.41, 5.74) is -10.5. The Kier molecular flexibility index (Phi) is 8.85. The van der Waals surface area contributed by atoms with Crippen molar-refractivity contribution in [3.05, 3.63) is 89.0 Å². The molecule has 0 saturated heterocycles. The van der Waals surface area contributed by atoms with Crippen LogP contribution in [-0.2, 0) is 5.67 Å². The number of halogens is 11. The van der Waals surface area contributed by atoms with Gasteiger partial charge in [0.2, 0.25) is 0 Å². The minimum absolute atomic E-state index is 0.0193. The molecular formula is C28H19F11N2O3. The van der Waals surface area contributed by atoms with E-state index in [1.165, 1.54) is 12.1 Å². The highest BCUT2D eigenvalue weighted by Gasteiger charge is 2.73. The SMILES string of the molecule is O=C(Nc1ccc(C(F)(C(F)(F)F)C(F)(F)F)cc1OC(F)F)c1cccc(N(CC2CC2)C(=O)c2cccc(F)c2)c1F. The average molecular weight is 640 g/mol. The maximum absolute atomic E-state index is 15.7. The van der Waals surface area contributed by atoms with Crippen LogP contribution in [0.15, 0.2) is 60.7 Å². The molecule has 0 unspecified atom stereocenters. The number of carbonyl (C=O) groups excluding carboxylic acids is 2. The molecule has 5 nitrogen and oxygen atoms in total. The van der Waals surface area contributed by atoms with Crippen LogP contribution in [0.5, 0.6) is 5.75 Å². The molecule has 0 heterocycles. The van der Waals surface area contributed by atoms with Crippen LogP contribution in [-0.4, -0.2) is 37.3 Å². The molecule has 0 aromatic heterocycles. The number of ether oxygens (including phenoxy) is 1. The number of hydrogen-bond donors (Lipinski definition) is 1. The van der Waals surface area contributed by atoms with Gasteiger partial charge in [0.25, 0.3) is 11.8 Å². The molecular weight excluding hydrogens is 621 g/mol. The Morgan fingerprint density at radius 2 is 1.52 bits per heavy atom. The van der Waals surface area contributed by atoms with E-state index in [9.17, 15) is 53.5 Å². The number of carbonyl (C=O) groups is 2. The zero-order valence-electron chi connectivity index (χ0n) is 21.9. The molecule has 0 aliphatic heterocycles. The van der Waals surface area contributed by atoms with Crippen molar-refractivity contribution in [2.75, 3.05) is 16.8 Å². The third kappa shape index (κ3) is 6.58. The molecule has 2 amide bonds. The molecule has 0 atom stereocenters. The summed E-state index contributed by atoms with van der Waals surface area (Å²) < 4.78 is 153. The quantitative estimate of drug-likeness (QED) is 0.240. The summed E-state index contributed by atoms with van der Waals surface area (Å²) >= 11 is 0. The maximum Gasteiger partial charge on any atom is 0.435 e. The van der Waals surface area contributed by atoms with Crippen LogP contribution in [0, 0.1) is 17.6 Å². The predicted molar refractivity (Wildman–Crippen MR) is 133 cm³/mol. The molecule has 1 saturated carbocycles. The van der Waals surface area contributed by atoms with Gasteiger partial charge in [0.1, 0.15) is 11.6 Å². The Balaban J connectivity index is 1.71. The lowest BCUT2D eigenvalue weighted by molar-refractivity contribution is -0.348. The van der Waals surface area contributed by atoms with Crippen LogP contribution in [0.25, 0.3) is 0 Å². The second-order valence-electron chi connectivity index (χ2n) is 9.71. The third-order valence-corrected chi connectivity index (χ3v) is 6.59. The number of anilines is 2. The maximum atomic E-state index is 15.7. The van der Waals surface area contributed by atoms with Crippen molar-refractivity contribution < 1.29 is 62.6 Å². The molecule has 44 heavy (non-hydrogen) atoms. The fourth-order valence-corrected chi connectivity index (χ4v) is 4.24. The molecule has 3 aromatic rings. The normalized spacial score (nSPS) is 14.0. The molecule has 1 aliphatic carbocycles. The van der Waals surface area contributed by atoms with E-state index >= 15 is 4.39 Å². The lowest BCUT2D eigenvalue weighted by Crippen LogP contribution is -2.50. The average Bonchev–Trinajstić information content (AvgIpc) is 3.75. The smallest absolute Gasteiger partial charge is 0.433 e. The van der Waals surface area contributed by atoms with E-state index < -0.39 is 76.3 Å². The van der Waals surface area contributed by atoms with Gasteiger partial charge in [-0.3, -0.25) is 9.59 Å². The number of nitrogens with zero attached hydrogens (tertiary/aromatic N) is 1. The van der Waals surface area contributed by atoms with E-state index in [0.29, 0.717) is 12.8 Å². The monoisotopic (exact) mass is 640 g/mol. The van der Waals surface area contributed by atoms with E-state index in [4.69, 9.17) is 0 Å². The second-order valence-corrected chi connectivity index (χ2v) is 9.71. The molecule has 236 valence electrons. The van der Waals surface area contributed by atoms with Crippen molar-refractivity contribution in [2.45, 2.75) is 37.5 Å². The van der Waals surface area contributed by atoms with E-state index in [-0.39, 0.29) is 36.2 Å². The standard InChI is InChI=1S/C28H19F11N2O3/c29-17-4-1-3-15(11-17)24(43)41(13-14-7-8-14)20-6-2-5-18(22(20)30)23(42)40-19-10-9-16(12-21(19)44-25(31)32)26(33,27(34,35)36)28(37,38)39/h1-6,9-12,14,25H,7-8,13H2,(H,40,42). The lowest BCUT2D eigenvalue weighted by atomic mass is 9.93. The Morgan fingerprint density at radius 3 is 2.09 bits per heavy atom. The second kappa shape index (κ2) is 12.0. The van der Waals surface area contributed by atoms with Gasteiger partial charge in [-0.2, -0.15) is 35.1 Å². The van der Waals surface area contributed by atoms with Gasteiger partial charge in [-0.05, 0) is 61.2 Å². The molecule has 16 heteroatoms. The molecule has 0 radical (unpaired) electrons. The van der Waals surface area contributed by atoms with Crippen molar-refractivity contribution in [1.82, 2.24) is 0 Å². The van der Waals surface area contributed by atoms with Crippen LogP contribution < -0.4 is 15.0 Å². The largest absolute Gasteiger partial charge is 0.435 e. The zero-order valence-corrected chi connectivity index (χ0v) is 21.9. The summed E-state index contributed by atoms with van der Waals surface area (Å²) in [7, 11) is 0. The number of nitrogens with one attached hydrogen (secondary N) is 1. The predicted octanol–water partition coefficient (Wildman–Crippen LogP) is 8.16. The van der Waals surface area contributed by atoms with Crippen molar-refractivity contribution in [3.63, 3.8) is 0 Å². The van der Waals surface area contributed by atoms with Gasteiger partial charge in [0, 0.05) is 17.7 Å². The number of alkyl halides is 9. The topological polar surface area (TPSA) is 58.6 Å². The van der Waals surface area contributed by atoms with Gasteiger partial charge in [0.05, 0.1) is 16.9 Å². The van der Waals surface area contributed by atoms with Gasteiger partial charge < -0.3 is 15.0 Å². The molecule has 3 aromatic carbocycles. The fourth-order valence-electron chi connectivity index (χ4n) is 4.24. The summed E-state index contributed by atoms with van der Waals surface area (Å²) in [5, 5.41) is 1.84. The minimum atomic E-state index is -6.57. The van der Waals surface area contributed by atoms with Gasteiger partial charge >= 0.3 is 24.6 Å². The summed E-state index contributed by atoms with van der Waals surface area (Å²) in [6, 6.07) is 7.53. The molecule has 4 rings (SSSR count). The highest BCUT2D eigenvalue weighted by atomic mass is 19.4. The molecule has 0 bridgehead atoms. The Bertz CT molecular complexity index is 1540. The van der Waals surface area contributed by atoms with Crippen LogP contribution in [0.4, 0.5) is 59.7 Å². The molecule has 0 spiro atoms. The van der Waals surface area contributed by atoms with E-state index in [0.717, 1.165) is 35.2 Å². The Hall–Kier alpha value is -4.37. The van der Waals surface area contributed by atoms with Crippen molar-refractivity contribution in [1.29, 1.82) is 0 Å². The first-order chi connectivity index (χ1) is 20.4.